The largest absolute Gasteiger partial charge is 0.498 e. The molecule has 0 saturated carbocycles. The van der Waals surface area contributed by atoms with E-state index in [0.717, 1.165) is 11.0 Å². The zero-order valence-corrected chi connectivity index (χ0v) is 18.3. The van der Waals surface area contributed by atoms with Gasteiger partial charge in [0.15, 0.2) is 0 Å². The molecule has 1 fully saturated rings. The van der Waals surface area contributed by atoms with Gasteiger partial charge in [-0.05, 0) is 52.3 Å². The van der Waals surface area contributed by atoms with E-state index in [1.165, 1.54) is 27.5 Å². The van der Waals surface area contributed by atoms with Crippen LogP contribution in [0.4, 0.5) is 0 Å². The number of hydrogen-bond acceptors (Lipinski definition) is 2. The lowest BCUT2D eigenvalue weighted by atomic mass is 9.78. The smallest absolute Gasteiger partial charge is 0.395 e. The van der Waals surface area contributed by atoms with Crippen LogP contribution in [-0.2, 0) is 9.31 Å². The van der Waals surface area contributed by atoms with Crippen LogP contribution in [0.5, 0.6) is 0 Å². The fourth-order valence-electron chi connectivity index (χ4n) is 4.11. The van der Waals surface area contributed by atoms with Crippen LogP contribution in [0.2, 0.25) is 0 Å². The number of hydrogen-bond donors (Lipinski definition) is 0. The van der Waals surface area contributed by atoms with Crippen molar-refractivity contribution in [2.45, 2.75) is 32.0 Å². The van der Waals surface area contributed by atoms with Gasteiger partial charge in [-0.3, -0.25) is 0 Å². The van der Waals surface area contributed by atoms with E-state index in [1.807, 2.05) is 20.8 Å². The molecule has 1 aliphatic rings. The van der Waals surface area contributed by atoms with Gasteiger partial charge in [0.25, 0.3) is 0 Å². The highest BCUT2D eigenvalue weighted by Gasteiger charge is 2.57. The van der Waals surface area contributed by atoms with Crippen LogP contribution >= 0.6 is 0 Å². The molecule has 5 rings (SSSR count). The van der Waals surface area contributed by atoms with Gasteiger partial charge in [0.05, 0.1) is 6.92 Å². The van der Waals surface area contributed by atoms with Crippen molar-refractivity contribution in [2.24, 2.45) is 0 Å². The van der Waals surface area contributed by atoms with Crippen LogP contribution in [0.1, 0.15) is 20.8 Å². The summed E-state index contributed by atoms with van der Waals surface area (Å²) in [6.45, 7) is 10.2. The van der Waals surface area contributed by atoms with Crippen LogP contribution < -0.4 is 5.46 Å². The lowest BCUT2D eigenvalue weighted by Gasteiger charge is -2.25. The zero-order chi connectivity index (χ0) is 21.6. The average Bonchev–Trinajstić information content (AvgIpc) is 3.00. The monoisotopic (exact) mass is 405 g/mol. The molecule has 2 nitrogen and oxygen atoms in total. The van der Waals surface area contributed by atoms with E-state index < -0.39 is 18.3 Å². The summed E-state index contributed by atoms with van der Waals surface area (Å²) in [4.78, 5) is 0. The van der Waals surface area contributed by atoms with E-state index >= 15 is 0 Å². The van der Waals surface area contributed by atoms with Crippen molar-refractivity contribution in [3.63, 3.8) is 0 Å². The molecule has 152 valence electrons. The van der Waals surface area contributed by atoms with Gasteiger partial charge >= 0.3 is 7.12 Å². The normalized spacial score (nSPS) is 20.3. The van der Waals surface area contributed by atoms with Gasteiger partial charge in [-0.25, -0.2) is 0 Å². The summed E-state index contributed by atoms with van der Waals surface area (Å²) in [6, 6.07) is 32.1. The first-order chi connectivity index (χ1) is 14.8. The Morgan fingerprint density at radius 1 is 0.677 bits per heavy atom. The molecule has 0 amide bonds. The fraction of sp³-hybridized carbons (Fsp3) is 0.179. The lowest BCUT2D eigenvalue weighted by Crippen LogP contribution is -2.42. The molecule has 0 aliphatic carbocycles. The Bertz CT molecular complexity index is 1220. The molecule has 1 atom stereocenters. The molecule has 4 aromatic rings. The van der Waals surface area contributed by atoms with E-state index in [-0.39, 0.29) is 0 Å². The van der Waals surface area contributed by atoms with Crippen molar-refractivity contribution in [2.75, 3.05) is 0 Å². The third-order valence-corrected chi connectivity index (χ3v) is 6.52. The summed E-state index contributed by atoms with van der Waals surface area (Å²) >= 11 is 0. The minimum atomic E-state index is -0.590. The van der Waals surface area contributed by atoms with Crippen LogP contribution in [-0.4, -0.2) is 18.3 Å². The summed E-state index contributed by atoms with van der Waals surface area (Å²) in [6.07, 6.45) is 0. The maximum absolute atomic E-state index is 6.17. The SMILES string of the molecule is [CH2+]C1(C)OB(c2cccc(-c3ccc(-c4cccc5ccccc45)cc3)c2)OC1(C)C. The van der Waals surface area contributed by atoms with Crippen LogP contribution in [0.15, 0.2) is 91.0 Å². The highest BCUT2D eigenvalue weighted by atomic mass is 16.7. The molecule has 1 heterocycles. The first kappa shape index (κ1) is 19.9. The van der Waals surface area contributed by atoms with Gasteiger partial charge in [0.2, 0.25) is 5.60 Å². The summed E-state index contributed by atoms with van der Waals surface area (Å²) < 4.78 is 12.3. The van der Waals surface area contributed by atoms with Crippen LogP contribution in [0.25, 0.3) is 33.0 Å². The van der Waals surface area contributed by atoms with E-state index in [9.17, 15) is 0 Å². The molecule has 0 spiro atoms. The Kier molecular flexibility index (Phi) is 4.69. The predicted molar refractivity (Wildman–Crippen MR) is 130 cm³/mol. The molecule has 1 aliphatic heterocycles. The molecule has 31 heavy (non-hydrogen) atoms. The molecule has 0 bridgehead atoms. The Labute approximate surface area is 185 Å². The second-order valence-electron chi connectivity index (χ2n) is 9.04. The second kappa shape index (κ2) is 7.30. The molecule has 1 unspecified atom stereocenters. The van der Waals surface area contributed by atoms with Crippen molar-refractivity contribution in [3.8, 4) is 22.3 Å². The summed E-state index contributed by atoms with van der Waals surface area (Å²) in [5.74, 6) is 0. The molecule has 1 saturated heterocycles. The maximum Gasteiger partial charge on any atom is 0.498 e. The van der Waals surface area contributed by atoms with E-state index in [2.05, 4.69) is 97.9 Å². The Morgan fingerprint density at radius 2 is 1.35 bits per heavy atom. The topological polar surface area (TPSA) is 18.5 Å². The van der Waals surface area contributed by atoms with Crippen LogP contribution in [0.3, 0.4) is 0 Å². The molecule has 4 aromatic carbocycles. The molecule has 0 N–H and O–H groups in total. The summed E-state index contributed by atoms with van der Waals surface area (Å²) in [5, 5.41) is 2.53. The highest BCUT2D eigenvalue weighted by Crippen LogP contribution is 2.36. The van der Waals surface area contributed by atoms with Gasteiger partial charge < -0.3 is 9.31 Å². The molecular formula is C28H26BO2+. The molecule has 0 radical (unpaired) electrons. The van der Waals surface area contributed by atoms with E-state index in [0.29, 0.717) is 0 Å². The average molecular weight is 405 g/mol. The first-order valence-corrected chi connectivity index (χ1v) is 10.7. The number of rotatable bonds is 3. The lowest BCUT2D eigenvalue weighted by molar-refractivity contribution is 0.0262. The Morgan fingerprint density at radius 3 is 2.10 bits per heavy atom. The second-order valence-corrected chi connectivity index (χ2v) is 9.04. The van der Waals surface area contributed by atoms with Gasteiger partial charge in [-0.15, -0.1) is 0 Å². The van der Waals surface area contributed by atoms with Crippen molar-refractivity contribution in [3.05, 3.63) is 97.9 Å². The van der Waals surface area contributed by atoms with Crippen molar-refractivity contribution in [1.29, 1.82) is 0 Å². The van der Waals surface area contributed by atoms with Gasteiger partial charge in [-0.1, -0.05) is 91.0 Å². The summed E-state index contributed by atoms with van der Waals surface area (Å²) in [5.41, 5.74) is 4.75. The minimum Gasteiger partial charge on any atom is -0.395 e. The van der Waals surface area contributed by atoms with Crippen LogP contribution in [0, 0.1) is 6.92 Å². The molecular weight excluding hydrogens is 379 g/mol. The maximum atomic E-state index is 6.17. The Hall–Kier alpha value is -3.01. The third-order valence-electron chi connectivity index (χ3n) is 6.52. The van der Waals surface area contributed by atoms with Gasteiger partial charge in [-0.2, -0.15) is 0 Å². The number of benzene rings is 4. The van der Waals surface area contributed by atoms with Crippen molar-refractivity contribution >= 4 is 23.4 Å². The Balaban J connectivity index is 1.45. The van der Waals surface area contributed by atoms with E-state index in [1.54, 1.807) is 0 Å². The van der Waals surface area contributed by atoms with Crippen molar-refractivity contribution in [1.82, 2.24) is 0 Å². The predicted octanol–water partition coefficient (Wildman–Crippen LogP) is 6.29. The number of fused-ring (bicyclic) bond motifs is 1. The summed E-state index contributed by atoms with van der Waals surface area (Å²) in [7, 11) is -0.410. The first-order valence-electron chi connectivity index (χ1n) is 10.7. The van der Waals surface area contributed by atoms with Gasteiger partial charge in [0.1, 0.15) is 5.60 Å². The fourth-order valence-corrected chi connectivity index (χ4v) is 4.11. The highest BCUT2D eigenvalue weighted by molar-refractivity contribution is 6.62. The minimum absolute atomic E-state index is 0.410. The standard InChI is InChI=1S/C28H26BO2/c1-27(2)28(3,4)31-29(30-27)24-12-7-11-23(19-24)20-15-17-22(18-16-20)26-14-8-10-21-9-5-6-13-25(21)26/h5-19H,1H2,2-4H3/q+1. The van der Waals surface area contributed by atoms with Gasteiger partial charge in [0, 0.05) is 6.92 Å². The third kappa shape index (κ3) is 3.54. The van der Waals surface area contributed by atoms with E-state index in [4.69, 9.17) is 9.31 Å². The zero-order valence-electron chi connectivity index (χ0n) is 18.3. The molecule has 0 aromatic heterocycles. The van der Waals surface area contributed by atoms with Crippen molar-refractivity contribution < 1.29 is 9.31 Å². The quantitative estimate of drug-likeness (QED) is 0.295. The molecule has 3 heteroatoms.